The number of hydrogen-bond donors (Lipinski definition) is 0. The third-order valence-electron chi connectivity index (χ3n) is 7.14. The molecule has 2 fully saturated rings. The van der Waals surface area contributed by atoms with E-state index in [0.717, 1.165) is 45.2 Å². The lowest BCUT2D eigenvalue weighted by molar-refractivity contribution is -0.137. The van der Waals surface area contributed by atoms with Crippen LogP contribution in [-0.2, 0) is 34.2 Å². The van der Waals surface area contributed by atoms with Crippen LogP contribution < -0.4 is 0 Å². The quantitative estimate of drug-likeness (QED) is 0.698. The van der Waals surface area contributed by atoms with E-state index in [4.69, 9.17) is 0 Å². The maximum Gasteiger partial charge on any atom is 0.243 e. The minimum atomic E-state index is -3.52. The highest BCUT2D eigenvalue weighted by atomic mass is 32.2. The maximum atomic E-state index is 13.3. The Bertz CT molecular complexity index is 1080. The van der Waals surface area contributed by atoms with E-state index in [1.165, 1.54) is 16.7 Å². The lowest BCUT2D eigenvalue weighted by Gasteiger charge is -2.36. The molecule has 2 aromatic rings. The number of carbonyl (C=O) groups is 1. The molecule has 1 aliphatic carbocycles. The summed E-state index contributed by atoms with van der Waals surface area (Å²) in [5.74, 6) is 0.146. The Kier molecular flexibility index (Phi) is 6.05. The number of nitrogens with zero attached hydrogens (tertiary/aromatic N) is 3. The highest BCUT2D eigenvalue weighted by Crippen LogP contribution is 2.27. The molecular formula is C25H31N3O3S. The zero-order chi connectivity index (χ0) is 22.1. The molecule has 2 aromatic carbocycles. The zero-order valence-electron chi connectivity index (χ0n) is 18.4. The number of rotatable bonds is 5. The number of sulfonamides is 1. The maximum absolute atomic E-state index is 13.3. The molecular weight excluding hydrogens is 422 g/mol. The molecule has 2 aliphatic heterocycles. The Labute approximate surface area is 190 Å². The Balaban J connectivity index is 1.22. The minimum absolute atomic E-state index is 0.102. The number of amides is 1. The number of likely N-dealkylation sites (tertiary alicyclic amines) is 1. The first-order chi connectivity index (χ1) is 15.5. The van der Waals surface area contributed by atoms with Crippen molar-refractivity contribution in [3.63, 3.8) is 0 Å². The van der Waals surface area contributed by atoms with E-state index < -0.39 is 10.0 Å². The standard InChI is InChI=1S/C25H31N3O3S/c29-25(24-10-5-13-27(24)19-20-6-2-1-3-7-20)26-14-16-28(17-15-26)32(30,31)23-12-11-21-8-4-9-22(21)18-23/h1-3,6-7,11-12,18,24H,4-5,8-10,13-17,19H2. The van der Waals surface area contributed by atoms with Crippen molar-refractivity contribution >= 4 is 15.9 Å². The first-order valence-electron chi connectivity index (χ1n) is 11.7. The molecule has 0 N–H and O–H groups in total. The molecule has 170 valence electrons. The van der Waals surface area contributed by atoms with E-state index in [9.17, 15) is 13.2 Å². The minimum Gasteiger partial charge on any atom is -0.339 e. The highest BCUT2D eigenvalue weighted by molar-refractivity contribution is 7.89. The van der Waals surface area contributed by atoms with Gasteiger partial charge in [0, 0.05) is 32.7 Å². The van der Waals surface area contributed by atoms with E-state index in [0.29, 0.717) is 31.1 Å². The molecule has 0 saturated carbocycles. The van der Waals surface area contributed by atoms with Crippen LogP contribution in [0.3, 0.4) is 0 Å². The Morgan fingerprint density at radius 1 is 0.875 bits per heavy atom. The van der Waals surface area contributed by atoms with Crippen molar-refractivity contribution in [2.75, 3.05) is 32.7 Å². The van der Waals surface area contributed by atoms with Crippen molar-refractivity contribution in [2.45, 2.75) is 49.6 Å². The molecule has 0 spiro atoms. The van der Waals surface area contributed by atoms with Gasteiger partial charge in [-0.1, -0.05) is 36.4 Å². The van der Waals surface area contributed by atoms with Gasteiger partial charge in [-0.25, -0.2) is 8.42 Å². The molecule has 0 radical (unpaired) electrons. The third kappa shape index (κ3) is 4.21. The Morgan fingerprint density at radius 3 is 2.41 bits per heavy atom. The third-order valence-corrected chi connectivity index (χ3v) is 9.03. The van der Waals surface area contributed by atoms with Gasteiger partial charge in [0.05, 0.1) is 10.9 Å². The van der Waals surface area contributed by atoms with Gasteiger partial charge in [0.25, 0.3) is 0 Å². The van der Waals surface area contributed by atoms with E-state index in [-0.39, 0.29) is 11.9 Å². The monoisotopic (exact) mass is 453 g/mol. The Hall–Kier alpha value is -2.22. The summed E-state index contributed by atoms with van der Waals surface area (Å²) in [4.78, 5) is 17.8. The summed E-state index contributed by atoms with van der Waals surface area (Å²) in [5.41, 5.74) is 3.66. The number of piperazine rings is 1. The van der Waals surface area contributed by atoms with Gasteiger partial charge in [-0.3, -0.25) is 9.69 Å². The molecule has 0 aromatic heterocycles. The van der Waals surface area contributed by atoms with Gasteiger partial charge < -0.3 is 4.90 Å². The molecule has 1 unspecified atom stereocenters. The average molecular weight is 454 g/mol. The van der Waals surface area contributed by atoms with Crippen molar-refractivity contribution in [2.24, 2.45) is 0 Å². The largest absolute Gasteiger partial charge is 0.339 e. The molecule has 1 atom stereocenters. The number of fused-ring (bicyclic) bond motifs is 1. The van der Waals surface area contributed by atoms with Gasteiger partial charge in [-0.05, 0) is 67.5 Å². The van der Waals surface area contributed by atoms with Crippen molar-refractivity contribution in [1.82, 2.24) is 14.1 Å². The normalized spacial score (nSPS) is 22.2. The first kappa shape index (κ1) is 21.6. The smallest absolute Gasteiger partial charge is 0.243 e. The summed E-state index contributed by atoms with van der Waals surface area (Å²) >= 11 is 0. The second kappa shape index (κ2) is 8.96. The molecule has 1 amide bonds. The Morgan fingerprint density at radius 2 is 1.62 bits per heavy atom. The summed E-state index contributed by atoms with van der Waals surface area (Å²) < 4.78 is 27.9. The van der Waals surface area contributed by atoms with Crippen LogP contribution in [0.5, 0.6) is 0 Å². The van der Waals surface area contributed by atoms with Crippen LogP contribution >= 0.6 is 0 Å². The van der Waals surface area contributed by atoms with Crippen LogP contribution in [0.1, 0.15) is 36.0 Å². The average Bonchev–Trinajstić information content (AvgIpc) is 3.48. The number of hydrogen-bond acceptors (Lipinski definition) is 4. The summed E-state index contributed by atoms with van der Waals surface area (Å²) in [6.45, 7) is 3.34. The summed E-state index contributed by atoms with van der Waals surface area (Å²) in [6.07, 6.45) is 5.00. The van der Waals surface area contributed by atoms with E-state index in [1.54, 1.807) is 10.4 Å². The fourth-order valence-electron chi connectivity index (χ4n) is 5.33. The van der Waals surface area contributed by atoms with Gasteiger partial charge >= 0.3 is 0 Å². The first-order valence-corrected chi connectivity index (χ1v) is 13.1. The molecule has 2 heterocycles. The predicted molar refractivity (Wildman–Crippen MR) is 124 cm³/mol. The summed E-state index contributed by atoms with van der Waals surface area (Å²) in [5, 5.41) is 0. The molecule has 7 heteroatoms. The second-order valence-electron chi connectivity index (χ2n) is 9.13. The summed E-state index contributed by atoms with van der Waals surface area (Å²) in [7, 11) is -3.52. The van der Waals surface area contributed by atoms with Gasteiger partial charge in [-0.15, -0.1) is 0 Å². The van der Waals surface area contributed by atoms with Crippen LogP contribution in [0.15, 0.2) is 53.4 Å². The molecule has 32 heavy (non-hydrogen) atoms. The topological polar surface area (TPSA) is 60.9 Å². The van der Waals surface area contributed by atoms with Crippen LogP contribution in [0.4, 0.5) is 0 Å². The lowest BCUT2D eigenvalue weighted by Crippen LogP contribution is -2.54. The van der Waals surface area contributed by atoms with E-state index in [2.05, 4.69) is 17.0 Å². The number of aryl methyl sites for hydroxylation is 2. The van der Waals surface area contributed by atoms with Gasteiger partial charge in [0.15, 0.2) is 0 Å². The van der Waals surface area contributed by atoms with Crippen LogP contribution in [-0.4, -0.2) is 67.2 Å². The van der Waals surface area contributed by atoms with E-state index in [1.807, 2.05) is 35.2 Å². The van der Waals surface area contributed by atoms with Crippen molar-refractivity contribution in [3.05, 3.63) is 65.2 Å². The summed E-state index contributed by atoms with van der Waals surface area (Å²) in [6, 6.07) is 15.7. The fourth-order valence-corrected chi connectivity index (χ4v) is 6.80. The SMILES string of the molecule is O=C(C1CCCN1Cc1ccccc1)N1CCN(S(=O)(=O)c2ccc3c(c2)CCC3)CC1. The second-order valence-corrected chi connectivity index (χ2v) is 11.1. The van der Waals surface area contributed by atoms with Crippen molar-refractivity contribution in [1.29, 1.82) is 0 Å². The van der Waals surface area contributed by atoms with Crippen LogP contribution in [0.2, 0.25) is 0 Å². The molecule has 6 nitrogen and oxygen atoms in total. The predicted octanol–water partition coefficient (Wildman–Crippen LogP) is 2.67. The fraction of sp³-hybridized carbons (Fsp3) is 0.480. The van der Waals surface area contributed by atoms with Gasteiger partial charge in [0.2, 0.25) is 15.9 Å². The van der Waals surface area contributed by atoms with Gasteiger partial charge in [0.1, 0.15) is 0 Å². The van der Waals surface area contributed by atoms with Crippen LogP contribution in [0, 0.1) is 0 Å². The zero-order valence-corrected chi connectivity index (χ0v) is 19.3. The molecule has 3 aliphatic rings. The lowest BCUT2D eigenvalue weighted by atomic mass is 10.1. The van der Waals surface area contributed by atoms with E-state index >= 15 is 0 Å². The van der Waals surface area contributed by atoms with Gasteiger partial charge in [-0.2, -0.15) is 4.31 Å². The highest BCUT2D eigenvalue weighted by Gasteiger charge is 2.36. The molecule has 0 bridgehead atoms. The number of benzene rings is 2. The van der Waals surface area contributed by atoms with Crippen molar-refractivity contribution in [3.8, 4) is 0 Å². The molecule has 5 rings (SSSR count). The van der Waals surface area contributed by atoms with Crippen molar-refractivity contribution < 1.29 is 13.2 Å². The molecule has 2 saturated heterocycles. The van der Waals surface area contributed by atoms with Crippen LogP contribution in [0.25, 0.3) is 0 Å². The number of carbonyl (C=O) groups excluding carboxylic acids is 1.